The molecule has 1 heterocycles. The maximum atomic E-state index is 5.88. The smallest absolute Gasteiger partial charge is 0.219 e. The van der Waals surface area contributed by atoms with Crippen LogP contribution in [0, 0.1) is 0 Å². The summed E-state index contributed by atoms with van der Waals surface area (Å²) < 4.78 is 5.59. The Labute approximate surface area is 112 Å². The predicted octanol–water partition coefficient (Wildman–Crippen LogP) is 3.42. The molecule has 2 N–H and O–H groups in total. The Morgan fingerprint density at radius 3 is 2.78 bits per heavy atom. The molecule has 0 fully saturated rings. The Balaban J connectivity index is 2.06. The van der Waals surface area contributed by atoms with Crippen LogP contribution in [-0.4, -0.2) is 11.0 Å². The molecule has 0 saturated heterocycles. The fourth-order valence-corrected chi connectivity index (χ4v) is 1.80. The van der Waals surface area contributed by atoms with Crippen molar-refractivity contribution in [3.63, 3.8) is 0 Å². The summed E-state index contributed by atoms with van der Waals surface area (Å²) in [7, 11) is 0. The molecule has 0 aliphatic rings. The maximum Gasteiger partial charge on any atom is 0.219 e. The second kappa shape index (κ2) is 5.85. The standard InChI is InChI=1S/C14H15ClN2O/c1-10(16)7-11-5-6-14(17-9-11)18-13-4-2-3-12(15)8-13/h2-6,8-10H,7,16H2,1H3. The minimum absolute atomic E-state index is 0.131. The third-order valence-electron chi connectivity index (χ3n) is 2.37. The van der Waals surface area contributed by atoms with Gasteiger partial charge in [0.1, 0.15) is 5.75 Å². The Morgan fingerprint density at radius 2 is 2.17 bits per heavy atom. The SMILES string of the molecule is CC(N)Cc1ccc(Oc2cccc(Cl)c2)nc1. The van der Waals surface area contributed by atoms with Crippen LogP contribution in [0.2, 0.25) is 5.02 Å². The lowest BCUT2D eigenvalue weighted by molar-refractivity contribution is 0.462. The van der Waals surface area contributed by atoms with Gasteiger partial charge in [0.25, 0.3) is 0 Å². The first-order chi connectivity index (χ1) is 8.63. The molecular formula is C14H15ClN2O. The molecular weight excluding hydrogens is 248 g/mol. The fourth-order valence-electron chi connectivity index (χ4n) is 1.62. The lowest BCUT2D eigenvalue weighted by Crippen LogP contribution is -2.17. The van der Waals surface area contributed by atoms with Crippen molar-refractivity contribution in [3.8, 4) is 11.6 Å². The van der Waals surface area contributed by atoms with Gasteiger partial charge < -0.3 is 10.5 Å². The first-order valence-electron chi connectivity index (χ1n) is 5.77. The normalized spacial score (nSPS) is 12.2. The summed E-state index contributed by atoms with van der Waals surface area (Å²) in [6, 6.07) is 11.2. The minimum atomic E-state index is 0.131. The number of nitrogens with two attached hydrogens (primary N) is 1. The van der Waals surface area contributed by atoms with E-state index in [1.54, 1.807) is 18.3 Å². The molecule has 94 valence electrons. The number of hydrogen-bond acceptors (Lipinski definition) is 3. The molecule has 3 nitrogen and oxygen atoms in total. The van der Waals surface area contributed by atoms with Gasteiger partial charge in [0, 0.05) is 23.3 Å². The Hall–Kier alpha value is -1.58. The molecule has 1 unspecified atom stereocenters. The lowest BCUT2D eigenvalue weighted by Gasteiger charge is -2.07. The number of rotatable bonds is 4. The molecule has 0 amide bonds. The van der Waals surface area contributed by atoms with E-state index in [0.717, 1.165) is 12.0 Å². The van der Waals surface area contributed by atoms with Crippen molar-refractivity contribution < 1.29 is 4.74 Å². The highest BCUT2D eigenvalue weighted by Gasteiger charge is 2.01. The number of pyridine rings is 1. The van der Waals surface area contributed by atoms with Crippen molar-refractivity contribution in [3.05, 3.63) is 53.2 Å². The van der Waals surface area contributed by atoms with Gasteiger partial charge in [0.2, 0.25) is 5.88 Å². The second-order valence-electron chi connectivity index (χ2n) is 4.25. The largest absolute Gasteiger partial charge is 0.439 e. The summed E-state index contributed by atoms with van der Waals surface area (Å²) >= 11 is 5.88. The van der Waals surface area contributed by atoms with E-state index in [9.17, 15) is 0 Å². The topological polar surface area (TPSA) is 48.1 Å². The van der Waals surface area contributed by atoms with E-state index in [1.807, 2.05) is 31.2 Å². The molecule has 0 aliphatic heterocycles. The average molecular weight is 263 g/mol. The fraction of sp³-hybridized carbons (Fsp3) is 0.214. The molecule has 1 aromatic heterocycles. The van der Waals surface area contributed by atoms with Gasteiger partial charge in [-0.25, -0.2) is 4.98 Å². The number of nitrogens with zero attached hydrogens (tertiary/aromatic N) is 1. The van der Waals surface area contributed by atoms with Crippen LogP contribution in [0.25, 0.3) is 0 Å². The van der Waals surface area contributed by atoms with Crippen molar-refractivity contribution in [2.24, 2.45) is 5.73 Å². The minimum Gasteiger partial charge on any atom is -0.439 e. The first kappa shape index (κ1) is 12.9. The van der Waals surface area contributed by atoms with Crippen molar-refractivity contribution in [1.82, 2.24) is 4.98 Å². The highest BCUT2D eigenvalue weighted by atomic mass is 35.5. The van der Waals surface area contributed by atoms with Gasteiger partial charge >= 0.3 is 0 Å². The third-order valence-corrected chi connectivity index (χ3v) is 2.61. The lowest BCUT2D eigenvalue weighted by atomic mass is 10.1. The monoisotopic (exact) mass is 262 g/mol. The predicted molar refractivity (Wildman–Crippen MR) is 73.1 cm³/mol. The van der Waals surface area contributed by atoms with Crippen molar-refractivity contribution in [1.29, 1.82) is 0 Å². The number of hydrogen-bond donors (Lipinski definition) is 1. The molecule has 18 heavy (non-hydrogen) atoms. The quantitative estimate of drug-likeness (QED) is 0.918. The van der Waals surface area contributed by atoms with Crippen LogP contribution in [0.3, 0.4) is 0 Å². The van der Waals surface area contributed by atoms with Crippen LogP contribution in [0.1, 0.15) is 12.5 Å². The van der Waals surface area contributed by atoms with E-state index in [2.05, 4.69) is 4.98 Å². The summed E-state index contributed by atoms with van der Waals surface area (Å²) in [6.45, 7) is 1.97. The van der Waals surface area contributed by atoms with E-state index in [0.29, 0.717) is 16.7 Å². The van der Waals surface area contributed by atoms with E-state index < -0.39 is 0 Å². The van der Waals surface area contributed by atoms with Crippen LogP contribution < -0.4 is 10.5 Å². The highest BCUT2D eigenvalue weighted by molar-refractivity contribution is 6.30. The number of benzene rings is 1. The van der Waals surface area contributed by atoms with E-state index in [1.165, 1.54) is 0 Å². The van der Waals surface area contributed by atoms with Crippen molar-refractivity contribution in [2.75, 3.05) is 0 Å². The second-order valence-corrected chi connectivity index (χ2v) is 4.68. The highest BCUT2D eigenvalue weighted by Crippen LogP contribution is 2.22. The van der Waals surface area contributed by atoms with Gasteiger partial charge in [-0.2, -0.15) is 0 Å². The zero-order valence-electron chi connectivity index (χ0n) is 10.1. The summed E-state index contributed by atoms with van der Waals surface area (Å²) in [5, 5.41) is 0.640. The molecule has 2 rings (SSSR count). The van der Waals surface area contributed by atoms with E-state index >= 15 is 0 Å². The molecule has 4 heteroatoms. The number of halogens is 1. The van der Waals surface area contributed by atoms with Crippen LogP contribution in [0.15, 0.2) is 42.6 Å². The number of ether oxygens (including phenoxy) is 1. The van der Waals surface area contributed by atoms with Gasteiger partial charge in [-0.15, -0.1) is 0 Å². The summed E-state index contributed by atoms with van der Waals surface area (Å²) in [5.41, 5.74) is 6.83. The Kier molecular flexibility index (Phi) is 4.18. The Morgan fingerprint density at radius 1 is 1.33 bits per heavy atom. The average Bonchev–Trinajstić information content (AvgIpc) is 2.31. The van der Waals surface area contributed by atoms with Crippen LogP contribution in [-0.2, 0) is 6.42 Å². The summed E-state index contributed by atoms with van der Waals surface area (Å²) in [6.07, 6.45) is 2.59. The molecule has 0 spiro atoms. The maximum absolute atomic E-state index is 5.88. The van der Waals surface area contributed by atoms with Gasteiger partial charge in [-0.1, -0.05) is 23.7 Å². The van der Waals surface area contributed by atoms with Crippen molar-refractivity contribution in [2.45, 2.75) is 19.4 Å². The molecule has 0 bridgehead atoms. The van der Waals surface area contributed by atoms with Crippen LogP contribution in [0.4, 0.5) is 0 Å². The van der Waals surface area contributed by atoms with Gasteiger partial charge in [0.05, 0.1) is 0 Å². The van der Waals surface area contributed by atoms with Crippen LogP contribution >= 0.6 is 11.6 Å². The third kappa shape index (κ3) is 3.72. The summed E-state index contributed by atoms with van der Waals surface area (Å²) in [5.74, 6) is 1.22. The summed E-state index contributed by atoms with van der Waals surface area (Å²) in [4.78, 5) is 4.24. The molecule has 0 radical (unpaired) electrons. The molecule has 0 aliphatic carbocycles. The molecule has 1 aromatic carbocycles. The van der Waals surface area contributed by atoms with Crippen LogP contribution in [0.5, 0.6) is 11.6 Å². The zero-order valence-corrected chi connectivity index (χ0v) is 10.9. The van der Waals surface area contributed by atoms with Gasteiger partial charge in [-0.3, -0.25) is 0 Å². The Bertz CT molecular complexity index is 511. The molecule has 0 saturated carbocycles. The molecule has 2 aromatic rings. The van der Waals surface area contributed by atoms with E-state index in [4.69, 9.17) is 22.1 Å². The number of aromatic nitrogens is 1. The van der Waals surface area contributed by atoms with E-state index in [-0.39, 0.29) is 6.04 Å². The van der Waals surface area contributed by atoms with Gasteiger partial charge in [0.15, 0.2) is 0 Å². The van der Waals surface area contributed by atoms with Crippen molar-refractivity contribution >= 4 is 11.6 Å². The van der Waals surface area contributed by atoms with Gasteiger partial charge in [-0.05, 0) is 37.1 Å². The first-order valence-corrected chi connectivity index (χ1v) is 6.15. The molecule has 1 atom stereocenters. The zero-order chi connectivity index (χ0) is 13.0.